The lowest BCUT2D eigenvalue weighted by Crippen LogP contribution is -2.25. The van der Waals surface area contributed by atoms with Gasteiger partial charge in [0.25, 0.3) is 0 Å². The lowest BCUT2D eigenvalue weighted by atomic mass is 10.1. The van der Waals surface area contributed by atoms with Crippen molar-refractivity contribution in [2.24, 2.45) is 10.7 Å². The molecule has 0 saturated heterocycles. The summed E-state index contributed by atoms with van der Waals surface area (Å²) in [5, 5.41) is 2.91. The van der Waals surface area contributed by atoms with E-state index in [-0.39, 0.29) is 12.4 Å². The number of carbonyl (C=O) groups excluding carboxylic acids is 1. The van der Waals surface area contributed by atoms with Gasteiger partial charge in [-0.3, -0.25) is 4.79 Å². The van der Waals surface area contributed by atoms with E-state index in [4.69, 9.17) is 5.73 Å². The van der Waals surface area contributed by atoms with E-state index in [1.165, 1.54) is 7.11 Å². The van der Waals surface area contributed by atoms with Crippen LogP contribution >= 0.6 is 0 Å². The summed E-state index contributed by atoms with van der Waals surface area (Å²) < 4.78 is 4.63. The number of ether oxygens (including phenoxy) is 1. The van der Waals surface area contributed by atoms with Crippen LogP contribution in [0.25, 0.3) is 0 Å². The van der Waals surface area contributed by atoms with Crippen molar-refractivity contribution >= 4 is 17.5 Å². The number of methoxy groups -OCH3 is 1. The zero-order valence-electron chi connectivity index (χ0n) is 10.1. The van der Waals surface area contributed by atoms with E-state index in [1.807, 2.05) is 24.3 Å². The molecule has 0 atom stereocenters. The number of likely N-dealkylation sites (N-methyl/N-ethyl adjacent to an activating group) is 1. The molecule has 0 fully saturated rings. The van der Waals surface area contributed by atoms with E-state index >= 15 is 0 Å². The third kappa shape index (κ3) is 4.24. The molecule has 1 aromatic carbocycles. The molecule has 0 saturated carbocycles. The third-order valence-corrected chi connectivity index (χ3v) is 2.18. The SMILES string of the molecule is CNCC(N)=Nc1ccccc1CC(=O)OC. The van der Waals surface area contributed by atoms with Crippen LogP contribution in [0.1, 0.15) is 5.56 Å². The first kappa shape index (κ1) is 13.2. The summed E-state index contributed by atoms with van der Waals surface area (Å²) in [5.74, 6) is 0.185. The van der Waals surface area contributed by atoms with E-state index in [0.29, 0.717) is 18.1 Å². The minimum absolute atomic E-state index is 0.197. The first-order valence-corrected chi connectivity index (χ1v) is 5.29. The van der Waals surface area contributed by atoms with Crippen molar-refractivity contribution in [3.05, 3.63) is 29.8 Å². The van der Waals surface area contributed by atoms with Gasteiger partial charge in [0.2, 0.25) is 0 Å². The fourth-order valence-corrected chi connectivity index (χ4v) is 1.37. The molecule has 0 aromatic heterocycles. The van der Waals surface area contributed by atoms with Gasteiger partial charge in [-0.15, -0.1) is 0 Å². The van der Waals surface area contributed by atoms with Crippen LogP contribution in [0.4, 0.5) is 5.69 Å². The molecule has 5 heteroatoms. The number of para-hydroxylation sites is 1. The molecule has 0 aliphatic carbocycles. The molecule has 92 valence electrons. The molecule has 0 heterocycles. The van der Waals surface area contributed by atoms with Crippen molar-refractivity contribution < 1.29 is 9.53 Å². The zero-order valence-corrected chi connectivity index (χ0v) is 10.1. The molecule has 1 aromatic rings. The number of nitrogens with two attached hydrogens (primary N) is 1. The van der Waals surface area contributed by atoms with Crippen LogP contribution in [0.5, 0.6) is 0 Å². The Morgan fingerprint density at radius 2 is 2.18 bits per heavy atom. The third-order valence-electron chi connectivity index (χ3n) is 2.18. The maximum Gasteiger partial charge on any atom is 0.310 e. The molecule has 0 unspecified atom stereocenters. The van der Waals surface area contributed by atoms with E-state index < -0.39 is 0 Å². The predicted octanol–water partition coefficient (Wildman–Crippen LogP) is 0.610. The van der Waals surface area contributed by atoms with E-state index in [0.717, 1.165) is 5.56 Å². The number of hydrogen-bond donors (Lipinski definition) is 2. The van der Waals surface area contributed by atoms with E-state index in [2.05, 4.69) is 15.0 Å². The van der Waals surface area contributed by atoms with Crippen LogP contribution in [0.15, 0.2) is 29.3 Å². The average Bonchev–Trinajstić information content (AvgIpc) is 2.31. The second-order valence-corrected chi connectivity index (χ2v) is 3.52. The monoisotopic (exact) mass is 235 g/mol. The van der Waals surface area contributed by atoms with Gasteiger partial charge >= 0.3 is 5.97 Å². The molecule has 0 aliphatic heterocycles. The van der Waals surface area contributed by atoms with Crippen molar-refractivity contribution in [1.82, 2.24) is 5.32 Å². The van der Waals surface area contributed by atoms with Gasteiger partial charge in [0.1, 0.15) is 5.84 Å². The Kier molecular flexibility index (Phi) is 5.16. The Bertz CT molecular complexity index is 416. The minimum Gasteiger partial charge on any atom is -0.469 e. The molecule has 0 spiro atoms. The number of nitrogens with zero attached hydrogens (tertiary/aromatic N) is 1. The molecule has 17 heavy (non-hydrogen) atoms. The Morgan fingerprint density at radius 3 is 2.82 bits per heavy atom. The van der Waals surface area contributed by atoms with E-state index in [1.54, 1.807) is 7.05 Å². The number of carbonyl (C=O) groups is 1. The molecule has 0 radical (unpaired) electrons. The maximum atomic E-state index is 11.2. The zero-order chi connectivity index (χ0) is 12.7. The summed E-state index contributed by atoms with van der Waals surface area (Å²) in [6.45, 7) is 0.507. The van der Waals surface area contributed by atoms with Crippen LogP contribution < -0.4 is 11.1 Å². The van der Waals surface area contributed by atoms with Crippen LogP contribution in [0.2, 0.25) is 0 Å². The molecule has 0 amide bonds. The molecule has 1 rings (SSSR count). The topological polar surface area (TPSA) is 76.7 Å². The largest absolute Gasteiger partial charge is 0.469 e. The van der Waals surface area contributed by atoms with Gasteiger partial charge in [-0.2, -0.15) is 0 Å². The molecule has 5 nitrogen and oxygen atoms in total. The summed E-state index contributed by atoms with van der Waals surface area (Å²) in [4.78, 5) is 15.5. The first-order chi connectivity index (χ1) is 8.17. The average molecular weight is 235 g/mol. The van der Waals surface area contributed by atoms with Gasteiger partial charge in [0, 0.05) is 0 Å². The fraction of sp³-hybridized carbons (Fsp3) is 0.333. The molecular formula is C12H17N3O2. The standard InChI is InChI=1S/C12H17N3O2/c1-14-8-11(13)15-10-6-4-3-5-9(10)7-12(16)17-2/h3-6,14H,7-8H2,1-2H3,(H2,13,15). The van der Waals surface area contributed by atoms with Gasteiger partial charge in [0.05, 0.1) is 25.8 Å². The van der Waals surface area contributed by atoms with Gasteiger partial charge in [-0.05, 0) is 18.7 Å². The van der Waals surface area contributed by atoms with Crippen LogP contribution in [-0.4, -0.2) is 32.5 Å². The lowest BCUT2D eigenvalue weighted by Gasteiger charge is -2.05. The summed E-state index contributed by atoms with van der Waals surface area (Å²) >= 11 is 0. The molecule has 0 bridgehead atoms. The smallest absolute Gasteiger partial charge is 0.310 e. The Balaban J connectivity index is 2.91. The summed E-state index contributed by atoms with van der Waals surface area (Å²) in [5.41, 5.74) is 7.22. The van der Waals surface area contributed by atoms with Gasteiger partial charge < -0.3 is 15.8 Å². The Hall–Kier alpha value is -1.88. The van der Waals surface area contributed by atoms with Crippen LogP contribution in [-0.2, 0) is 16.0 Å². The van der Waals surface area contributed by atoms with Gasteiger partial charge in [-0.1, -0.05) is 18.2 Å². The highest BCUT2D eigenvalue weighted by Gasteiger charge is 2.07. The highest BCUT2D eigenvalue weighted by Crippen LogP contribution is 2.19. The number of benzene rings is 1. The van der Waals surface area contributed by atoms with Crippen molar-refractivity contribution in [1.29, 1.82) is 0 Å². The van der Waals surface area contributed by atoms with Gasteiger partial charge in [-0.25, -0.2) is 4.99 Å². The Morgan fingerprint density at radius 1 is 1.47 bits per heavy atom. The number of esters is 1. The van der Waals surface area contributed by atoms with Crippen molar-refractivity contribution in [2.45, 2.75) is 6.42 Å². The molecular weight excluding hydrogens is 218 g/mol. The van der Waals surface area contributed by atoms with Crippen molar-refractivity contribution in [3.8, 4) is 0 Å². The number of hydrogen-bond acceptors (Lipinski definition) is 4. The molecule has 0 aliphatic rings. The normalized spacial score (nSPS) is 11.3. The van der Waals surface area contributed by atoms with Crippen LogP contribution in [0, 0.1) is 0 Å². The quantitative estimate of drug-likeness (QED) is 0.445. The molecule has 3 N–H and O–H groups in total. The summed E-state index contributed by atoms with van der Waals surface area (Å²) in [6, 6.07) is 7.36. The van der Waals surface area contributed by atoms with E-state index in [9.17, 15) is 4.79 Å². The van der Waals surface area contributed by atoms with Gasteiger partial charge in [0.15, 0.2) is 0 Å². The summed E-state index contributed by atoms with van der Waals surface area (Å²) in [6.07, 6.45) is 0.197. The lowest BCUT2D eigenvalue weighted by molar-refractivity contribution is -0.139. The highest BCUT2D eigenvalue weighted by molar-refractivity contribution is 5.86. The highest BCUT2D eigenvalue weighted by atomic mass is 16.5. The second-order valence-electron chi connectivity index (χ2n) is 3.52. The summed E-state index contributed by atoms with van der Waals surface area (Å²) in [7, 11) is 3.16. The minimum atomic E-state index is -0.292. The number of aliphatic imine (C=N–C) groups is 1. The number of amidine groups is 1. The number of rotatable bonds is 5. The second kappa shape index (κ2) is 6.65. The van der Waals surface area contributed by atoms with Crippen molar-refractivity contribution in [2.75, 3.05) is 20.7 Å². The fourth-order valence-electron chi connectivity index (χ4n) is 1.37. The van der Waals surface area contributed by atoms with Crippen molar-refractivity contribution in [3.63, 3.8) is 0 Å². The number of nitrogens with one attached hydrogen (secondary N) is 1. The van der Waals surface area contributed by atoms with Crippen LogP contribution in [0.3, 0.4) is 0 Å². The first-order valence-electron chi connectivity index (χ1n) is 5.29. The predicted molar refractivity (Wildman–Crippen MR) is 67.4 cm³/mol. The maximum absolute atomic E-state index is 11.2. The Labute approximate surface area is 101 Å².